The average Bonchev–Trinajstić information content (AvgIpc) is 2.16. The van der Waals surface area contributed by atoms with Gasteiger partial charge in [0.15, 0.2) is 6.29 Å². The van der Waals surface area contributed by atoms with E-state index < -0.39 is 6.29 Å². The van der Waals surface area contributed by atoms with Crippen molar-refractivity contribution in [3.8, 4) is 23.7 Å². The molecule has 13 heavy (non-hydrogen) atoms. The Balaban J connectivity index is 3.88. The molecule has 0 rings (SSSR count). The van der Waals surface area contributed by atoms with Crippen LogP contribution in [0.1, 0.15) is 6.92 Å². The number of rotatable bonds is 2. The third kappa shape index (κ3) is 8.43. The fourth-order valence-electron chi connectivity index (χ4n) is 0.448. The molecule has 0 saturated heterocycles. The summed E-state index contributed by atoms with van der Waals surface area (Å²) < 4.78 is 4.55. The molecule has 0 aromatic carbocycles. The zero-order valence-electron chi connectivity index (χ0n) is 7.74. The number of allylic oxidation sites excluding steroid dienone is 3. The molecule has 0 aliphatic rings. The zero-order valence-corrected chi connectivity index (χ0v) is 7.74. The van der Waals surface area contributed by atoms with Crippen LogP contribution in [-0.2, 0) is 4.74 Å². The van der Waals surface area contributed by atoms with E-state index in [0.717, 1.165) is 0 Å². The van der Waals surface area contributed by atoms with Gasteiger partial charge >= 0.3 is 0 Å². The molecule has 1 unspecified atom stereocenters. The summed E-state index contributed by atoms with van der Waals surface area (Å²) in [4.78, 5) is 0. The normalized spacial score (nSPS) is 11.9. The minimum absolute atomic E-state index is 0.891. The number of methoxy groups -OCH3 is 1. The Morgan fingerprint density at radius 3 is 2.38 bits per heavy atom. The van der Waals surface area contributed by atoms with Gasteiger partial charge in [0.25, 0.3) is 0 Å². The van der Waals surface area contributed by atoms with Gasteiger partial charge in [-0.2, -0.15) is 0 Å². The monoisotopic (exact) mass is 176 g/mol. The molecular weight excluding hydrogens is 164 g/mol. The smallest absolute Gasteiger partial charge is 0.174 e. The van der Waals surface area contributed by atoms with Crippen molar-refractivity contribution in [1.82, 2.24) is 0 Å². The molecule has 0 fully saturated rings. The van der Waals surface area contributed by atoms with Crippen molar-refractivity contribution in [2.45, 2.75) is 13.2 Å². The van der Waals surface area contributed by atoms with Crippen molar-refractivity contribution < 1.29 is 9.84 Å². The lowest BCUT2D eigenvalue weighted by atomic mass is 10.4. The SMILES string of the molecule is C/C=C\C#CC#C/C=C\C(O)OC. The fraction of sp³-hybridized carbons (Fsp3) is 0.273. The van der Waals surface area contributed by atoms with Gasteiger partial charge in [-0.1, -0.05) is 17.9 Å². The molecule has 0 heterocycles. The quantitative estimate of drug-likeness (QED) is 0.504. The summed E-state index contributed by atoms with van der Waals surface area (Å²) in [6.07, 6.45) is 5.59. The van der Waals surface area contributed by atoms with Crippen LogP contribution in [0.15, 0.2) is 24.3 Å². The van der Waals surface area contributed by atoms with Crippen LogP contribution >= 0.6 is 0 Å². The summed E-state index contributed by atoms with van der Waals surface area (Å²) in [5.74, 6) is 10.5. The summed E-state index contributed by atoms with van der Waals surface area (Å²) >= 11 is 0. The van der Waals surface area contributed by atoms with Crippen molar-refractivity contribution in [1.29, 1.82) is 0 Å². The maximum absolute atomic E-state index is 8.87. The standard InChI is InChI=1S/C11H12O2/c1-3-4-5-6-7-8-9-10-11(12)13-2/h3-4,9-12H,1-2H3/b4-3-,10-9-. The van der Waals surface area contributed by atoms with Crippen LogP contribution in [0.25, 0.3) is 0 Å². The molecule has 0 bridgehead atoms. The Hall–Kier alpha value is -1.48. The van der Waals surface area contributed by atoms with Crippen LogP contribution in [0.2, 0.25) is 0 Å². The van der Waals surface area contributed by atoms with Gasteiger partial charge in [-0.05, 0) is 37.0 Å². The van der Waals surface area contributed by atoms with Gasteiger partial charge in [0.2, 0.25) is 0 Å². The van der Waals surface area contributed by atoms with E-state index in [-0.39, 0.29) is 0 Å². The Morgan fingerprint density at radius 1 is 1.23 bits per heavy atom. The van der Waals surface area contributed by atoms with Crippen LogP contribution in [0.5, 0.6) is 0 Å². The first-order valence-electron chi connectivity index (χ1n) is 3.81. The molecule has 0 radical (unpaired) electrons. The summed E-state index contributed by atoms with van der Waals surface area (Å²) in [7, 11) is 1.41. The summed E-state index contributed by atoms with van der Waals surface area (Å²) in [5, 5.41) is 8.87. The topological polar surface area (TPSA) is 29.5 Å². The van der Waals surface area contributed by atoms with E-state index in [0.29, 0.717) is 0 Å². The number of ether oxygens (including phenoxy) is 1. The predicted molar refractivity (Wildman–Crippen MR) is 52.5 cm³/mol. The maximum atomic E-state index is 8.87. The Morgan fingerprint density at radius 2 is 1.85 bits per heavy atom. The van der Waals surface area contributed by atoms with Crippen molar-refractivity contribution in [2.75, 3.05) is 7.11 Å². The molecule has 0 aromatic rings. The van der Waals surface area contributed by atoms with Gasteiger partial charge in [0.1, 0.15) is 0 Å². The Kier molecular flexibility index (Phi) is 7.63. The molecule has 0 aliphatic heterocycles. The Bertz CT molecular complexity index is 292. The third-order valence-electron chi connectivity index (χ3n) is 1.04. The van der Waals surface area contributed by atoms with Crippen LogP contribution in [0.4, 0.5) is 0 Å². The highest BCUT2D eigenvalue weighted by Gasteiger charge is 1.88. The number of hydrogen-bond donors (Lipinski definition) is 1. The zero-order chi connectivity index (χ0) is 9.94. The first-order chi connectivity index (χ1) is 6.31. The minimum atomic E-state index is -0.891. The molecule has 0 amide bonds. The van der Waals surface area contributed by atoms with Gasteiger partial charge in [0, 0.05) is 7.11 Å². The van der Waals surface area contributed by atoms with Crippen molar-refractivity contribution in [2.24, 2.45) is 0 Å². The summed E-state index contributed by atoms with van der Waals surface area (Å²) in [6.45, 7) is 1.89. The third-order valence-corrected chi connectivity index (χ3v) is 1.04. The van der Waals surface area contributed by atoms with Crippen molar-refractivity contribution >= 4 is 0 Å². The second kappa shape index (κ2) is 8.62. The lowest BCUT2D eigenvalue weighted by Crippen LogP contribution is -2.02. The van der Waals surface area contributed by atoms with Gasteiger partial charge in [-0.15, -0.1) is 0 Å². The van der Waals surface area contributed by atoms with E-state index in [1.165, 1.54) is 19.3 Å². The van der Waals surface area contributed by atoms with Crippen LogP contribution in [0, 0.1) is 23.7 Å². The molecule has 0 aromatic heterocycles. The molecule has 2 nitrogen and oxygen atoms in total. The van der Waals surface area contributed by atoms with Crippen molar-refractivity contribution in [3.63, 3.8) is 0 Å². The lowest BCUT2D eigenvalue weighted by molar-refractivity contribution is -0.0355. The van der Waals surface area contributed by atoms with E-state index in [9.17, 15) is 0 Å². The maximum Gasteiger partial charge on any atom is 0.174 e. The molecule has 68 valence electrons. The Labute approximate surface area is 78.9 Å². The van der Waals surface area contributed by atoms with Gasteiger partial charge in [0.05, 0.1) is 0 Å². The van der Waals surface area contributed by atoms with Gasteiger partial charge < -0.3 is 9.84 Å². The predicted octanol–water partition coefficient (Wildman–Crippen LogP) is 1.09. The van der Waals surface area contributed by atoms with Gasteiger partial charge in [-0.3, -0.25) is 0 Å². The first-order valence-corrected chi connectivity index (χ1v) is 3.81. The van der Waals surface area contributed by atoms with E-state index in [1.807, 2.05) is 13.0 Å². The molecular formula is C11H12O2. The molecule has 0 spiro atoms. The minimum Gasteiger partial charge on any atom is -0.365 e. The molecule has 1 atom stereocenters. The van der Waals surface area contributed by atoms with Crippen molar-refractivity contribution in [3.05, 3.63) is 24.3 Å². The second-order valence-corrected chi connectivity index (χ2v) is 2.02. The highest BCUT2D eigenvalue weighted by molar-refractivity contribution is 5.33. The summed E-state index contributed by atoms with van der Waals surface area (Å²) in [5.41, 5.74) is 0. The molecule has 0 aliphatic carbocycles. The fourth-order valence-corrected chi connectivity index (χ4v) is 0.448. The van der Waals surface area contributed by atoms with E-state index >= 15 is 0 Å². The van der Waals surface area contributed by atoms with Crippen LogP contribution in [0.3, 0.4) is 0 Å². The average molecular weight is 176 g/mol. The van der Waals surface area contributed by atoms with E-state index in [2.05, 4.69) is 28.4 Å². The summed E-state index contributed by atoms with van der Waals surface area (Å²) in [6, 6.07) is 0. The largest absolute Gasteiger partial charge is 0.365 e. The van der Waals surface area contributed by atoms with Crippen LogP contribution in [-0.4, -0.2) is 18.5 Å². The number of aliphatic hydroxyl groups is 1. The molecule has 2 heteroatoms. The second-order valence-electron chi connectivity index (χ2n) is 2.02. The molecule has 1 N–H and O–H groups in total. The van der Waals surface area contributed by atoms with Crippen LogP contribution < -0.4 is 0 Å². The van der Waals surface area contributed by atoms with Gasteiger partial charge in [-0.25, -0.2) is 0 Å². The van der Waals surface area contributed by atoms with E-state index in [1.54, 1.807) is 6.08 Å². The molecule has 0 saturated carbocycles. The number of aliphatic hydroxyl groups excluding tert-OH is 1. The lowest BCUT2D eigenvalue weighted by Gasteiger charge is -1.97. The van der Waals surface area contributed by atoms with E-state index in [4.69, 9.17) is 5.11 Å². The number of hydrogen-bond acceptors (Lipinski definition) is 2. The highest BCUT2D eigenvalue weighted by atomic mass is 16.6. The first kappa shape index (κ1) is 11.5. The highest BCUT2D eigenvalue weighted by Crippen LogP contribution is 1.83.